The molecule has 4 aromatic rings. The van der Waals surface area contributed by atoms with E-state index in [1.165, 1.54) is 23.1 Å². The predicted molar refractivity (Wildman–Crippen MR) is 143 cm³/mol. The topological polar surface area (TPSA) is 83.8 Å². The van der Waals surface area contributed by atoms with E-state index in [0.717, 1.165) is 24.7 Å². The van der Waals surface area contributed by atoms with Crippen LogP contribution >= 0.6 is 55.0 Å². The molecule has 0 aliphatic carbocycles. The van der Waals surface area contributed by atoms with Crippen LogP contribution in [0.2, 0.25) is 0 Å². The number of carbonyl (C=O) groups is 1. The number of benzene rings is 3. The molecule has 6 nitrogen and oxygen atoms in total. The Labute approximate surface area is 215 Å². The summed E-state index contributed by atoms with van der Waals surface area (Å²) in [5, 5.41) is 13.1. The predicted octanol–water partition coefficient (Wildman–Crippen LogP) is 7.02. The summed E-state index contributed by atoms with van der Waals surface area (Å²) >= 11 is 9.62. The Morgan fingerprint density at radius 3 is 2.88 bits per heavy atom. The van der Waals surface area contributed by atoms with Gasteiger partial charge in [-0.25, -0.2) is 4.98 Å². The molecule has 2 N–H and O–H groups in total. The number of ether oxygens (including phenoxy) is 1. The number of fused-ring (bicyclic) bond motifs is 1. The number of aromatic hydroxyl groups is 1. The highest BCUT2D eigenvalue weighted by Crippen LogP contribution is 2.34. The van der Waals surface area contributed by atoms with Crippen LogP contribution in [0.4, 0.5) is 11.4 Å². The Hall–Kier alpha value is -2.40. The number of nitrogens with one attached hydrogen (secondary N) is 1. The molecule has 1 heterocycles. The monoisotopic (exact) mass is 605 g/mol. The fraction of sp³-hybridized carbons (Fsp3) is 0.0870. The van der Waals surface area contributed by atoms with Crippen LogP contribution in [-0.2, 0) is 4.79 Å². The van der Waals surface area contributed by atoms with Crippen molar-refractivity contribution < 1.29 is 14.6 Å². The van der Waals surface area contributed by atoms with Gasteiger partial charge in [0.2, 0.25) is 5.91 Å². The third-order valence-corrected chi connectivity index (χ3v) is 7.69. The molecule has 0 spiro atoms. The third-order valence-electron chi connectivity index (χ3n) is 4.47. The van der Waals surface area contributed by atoms with Gasteiger partial charge < -0.3 is 15.2 Å². The zero-order chi connectivity index (χ0) is 23.4. The summed E-state index contributed by atoms with van der Waals surface area (Å²) in [7, 11) is 1.57. The van der Waals surface area contributed by atoms with E-state index in [1.807, 2.05) is 30.3 Å². The molecule has 4 rings (SSSR count). The van der Waals surface area contributed by atoms with E-state index in [-0.39, 0.29) is 17.4 Å². The van der Waals surface area contributed by atoms with Crippen molar-refractivity contribution in [1.29, 1.82) is 0 Å². The standard InChI is InChI=1S/C23H17Br2N3O3S2/c1-31-19-5-3-2-4-17(19)27-21(29)12-32-23-28-18-7-6-15(10-20(18)33-23)26-11-13-8-14(24)9-16(25)22(13)30/h2-11,30H,12H2,1H3,(H,27,29). The van der Waals surface area contributed by atoms with Crippen molar-refractivity contribution in [3.05, 3.63) is 69.1 Å². The second-order valence-corrected chi connectivity index (χ2v) is 10.8. The van der Waals surface area contributed by atoms with Gasteiger partial charge >= 0.3 is 0 Å². The fourth-order valence-corrected chi connectivity index (χ4v) is 6.08. The Bertz CT molecular complexity index is 1360. The minimum atomic E-state index is -0.131. The van der Waals surface area contributed by atoms with Gasteiger partial charge in [-0.05, 0) is 58.4 Å². The number of aromatic nitrogens is 1. The Kier molecular flexibility index (Phi) is 7.69. The number of hydrogen-bond donors (Lipinski definition) is 2. The number of phenolic OH excluding ortho intramolecular Hbond substituents is 1. The van der Waals surface area contributed by atoms with E-state index in [4.69, 9.17) is 4.74 Å². The van der Waals surface area contributed by atoms with Crippen molar-refractivity contribution in [1.82, 2.24) is 4.98 Å². The zero-order valence-corrected chi connectivity index (χ0v) is 22.0. The number of amides is 1. The molecule has 1 amide bonds. The molecular formula is C23H17Br2N3O3S2. The lowest BCUT2D eigenvalue weighted by atomic mass is 10.2. The van der Waals surface area contributed by atoms with Crippen molar-refractivity contribution in [3.63, 3.8) is 0 Å². The van der Waals surface area contributed by atoms with E-state index in [1.54, 1.807) is 37.6 Å². The Morgan fingerprint density at radius 1 is 1.24 bits per heavy atom. The highest BCUT2D eigenvalue weighted by molar-refractivity contribution is 9.11. The van der Waals surface area contributed by atoms with Crippen LogP contribution in [0.25, 0.3) is 10.2 Å². The molecule has 0 aliphatic rings. The Balaban J connectivity index is 1.43. The van der Waals surface area contributed by atoms with Crippen LogP contribution < -0.4 is 10.1 Å². The van der Waals surface area contributed by atoms with E-state index < -0.39 is 0 Å². The lowest BCUT2D eigenvalue weighted by Crippen LogP contribution is -2.14. The first-order valence-electron chi connectivity index (χ1n) is 9.61. The molecule has 168 valence electrons. The van der Waals surface area contributed by atoms with Crippen molar-refractivity contribution in [3.8, 4) is 11.5 Å². The summed E-state index contributed by atoms with van der Waals surface area (Å²) in [5.74, 6) is 0.854. The van der Waals surface area contributed by atoms with Gasteiger partial charge in [0.1, 0.15) is 11.5 Å². The van der Waals surface area contributed by atoms with Crippen molar-refractivity contribution in [2.24, 2.45) is 4.99 Å². The van der Waals surface area contributed by atoms with Crippen molar-refractivity contribution in [2.75, 3.05) is 18.2 Å². The fourth-order valence-electron chi connectivity index (χ4n) is 2.92. The summed E-state index contributed by atoms with van der Waals surface area (Å²) in [6.07, 6.45) is 1.62. The van der Waals surface area contributed by atoms with Gasteiger partial charge in [0.15, 0.2) is 4.34 Å². The largest absolute Gasteiger partial charge is 0.506 e. The SMILES string of the molecule is COc1ccccc1NC(=O)CSc1nc2ccc(N=Cc3cc(Br)cc(Br)c3O)cc2s1. The molecule has 1 aromatic heterocycles. The molecule has 0 radical (unpaired) electrons. The van der Waals surface area contributed by atoms with Gasteiger partial charge in [-0.2, -0.15) is 0 Å². The number of aliphatic imine (C=N–C) groups is 1. The second kappa shape index (κ2) is 10.7. The van der Waals surface area contributed by atoms with Crippen molar-refractivity contribution in [2.45, 2.75) is 4.34 Å². The van der Waals surface area contributed by atoms with E-state index in [0.29, 0.717) is 21.5 Å². The summed E-state index contributed by atoms with van der Waals surface area (Å²) in [6, 6.07) is 16.6. The maximum absolute atomic E-state index is 12.4. The van der Waals surface area contributed by atoms with Crippen LogP contribution in [-0.4, -0.2) is 35.1 Å². The summed E-state index contributed by atoms with van der Waals surface area (Å²) in [6.45, 7) is 0. The summed E-state index contributed by atoms with van der Waals surface area (Å²) in [4.78, 5) is 21.4. The Morgan fingerprint density at radius 2 is 2.06 bits per heavy atom. The van der Waals surface area contributed by atoms with Gasteiger partial charge in [0.05, 0.1) is 38.9 Å². The molecule has 0 atom stereocenters. The van der Waals surface area contributed by atoms with Gasteiger partial charge in [-0.15, -0.1) is 11.3 Å². The number of thioether (sulfide) groups is 1. The van der Waals surface area contributed by atoms with Crippen molar-refractivity contribution >= 4 is 88.7 Å². The minimum Gasteiger partial charge on any atom is -0.506 e. The molecule has 0 fully saturated rings. The van der Waals surface area contributed by atoms with Crippen LogP contribution in [0, 0.1) is 0 Å². The number of methoxy groups -OCH3 is 1. The number of anilines is 1. The number of phenols is 1. The number of halogens is 2. The third kappa shape index (κ3) is 5.94. The average Bonchev–Trinajstić information content (AvgIpc) is 3.21. The van der Waals surface area contributed by atoms with Crippen LogP contribution in [0.15, 0.2) is 72.9 Å². The average molecular weight is 607 g/mol. The van der Waals surface area contributed by atoms with E-state index in [2.05, 4.69) is 47.2 Å². The number of hydrogen-bond acceptors (Lipinski definition) is 7. The number of thiazole rings is 1. The van der Waals surface area contributed by atoms with Crippen LogP contribution in [0.3, 0.4) is 0 Å². The summed E-state index contributed by atoms with van der Waals surface area (Å²) in [5.41, 5.74) is 2.82. The molecular weight excluding hydrogens is 590 g/mol. The number of carbonyl (C=O) groups excluding carboxylic acids is 1. The first kappa shape index (κ1) is 23.7. The molecule has 0 aliphatic heterocycles. The van der Waals surface area contributed by atoms with E-state index >= 15 is 0 Å². The van der Waals surface area contributed by atoms with Crippen LogP contribution in [0.5, 0.6) is 11.5 Å². The molecule has 10 heteroatoms. The first-order valence-corrected chi connectivity index (χ1v) is 13.0. The quantitative estimate of drug-likeness (QED) is 0.174. The molecule has 0 saturated carbocycles. The lowest BCUT2D eigenvalue weighted by Gasteiger charge is -2.09. The second-order valence-electron chi connectivity index (χ2n) is 6.75. The minimum absolute atomic E-state index is 0.130. The number of rotatable bonds is 7. The molecule has 0 saturated heterocycles. The van der Waals surface area contributed by atoms with E-state index in [9.17, 15) is 9.90 Å². The molecule has 0 bridgehead atoms. The maximum atomic E-state index is 12.4. The first-order chi connectivity index (χ1) is 15.9. The summed E-state index contributed by atoms with van der Waals surface area (Å²) < 4.78 is 8.46. The lowest BCUT2D eigenvalue weighted by molar-refractivity contribution is -0.113. The maximum Gasteiger partial charge on any atom is 0.234 e. The highest BCUT2D eigenvalue weighted by atomic mass is 79.9. The number of para-hydroxylation sites is 2. The van der Waals surface area contributed by atoms with Crippen LogP contribution in [0.1, 0.15) is 5.56 Å². The van der Waals surface area contributed by atoms with Gasteiger partial charge in [-0.3, -0.25) is 9.79 Å². The molecule has 33 heavy (non-hydrogen) atoms. The zero-order valence-electron chi connectivity index (χ0n) is 17.2. The molecule has 3 aromatic carbocycles. The van der Waals surface area contributed by atoms with Gasteiger partial charge in [-0.1, -0.05) is 39.8 Å². The smallest absolute Gasteiger partial charge is 0.234 e. The normalized spacial score (nSPS) is 11.2. The molecule has 0 unspecified atom stereocenters. The highest BCUT2D eigenvalue weighted by Gasteiger charge is 2.11. The van der Waals surface area contributed by atoms with Gasteiger partial charge in [0.25, 0.3) is 0 Å². The number of nitrogens with zero attached hydrogens (tertiary/aromatic N) is 2. The van der Waals surface area contributed by atoms with Gasteiger partial charge in [0, 0.05) is 16.3 Å².